The third kappa shape index (κ3) is 4.22. The van der Waals surface area contributed by atoms with Gasteiger partial charge in [0.2, 0.25) is 5.91 Å². The standard InChI is InChI=1S/C12H21N3OS/c1-2-10-5-8-17-12(15-10)14-7-6-13-11(16)9-3-4-9/h9-10H,2-8H2,1H3,(H,13,16)(H,14,15). The highest BCUT2D eigenvalue weighted by Crippen LogP contribution is 2.28. The summed E-state index contributed by atoms with van der Waals surface area (Å²) in [6, 6.07) is 0.580. The Labute approximate surface area is 107 Å². The first-order valence-electron chi connectivity index (χ1n) is 6.51. The lowest BCUT2D eigenvalue weighted by atomic mass is 10.2. The van der Waals surface area contributed by atoms with Gasteiger partial charge in [0.1, 0.15) is 0 Å². The van der Waals surface area contributed by atoms with E-state index in [2.05, 4.69) is 22.5 Å². The fourth-order valence-corrected chi connectivity index (χ4v) is 2.84. The molecular formula is C12H21N3OS. The molecule has 2 aliphatic rings. The number of nitrogens with zero attached hydrogens (tertiary/aromatic N) is 1. The van der Waals surface area contributed by atoms with E-state index in [9.17, 15) is 4.79 Å². The van der Waals surface area contributed by atoms with Crippen molar-refractivity contribution < 1.29 is 4.79 Å². The lowest BCUT2D eigenvalue weighted by molar-refractivity contribution is -0.122. The van der Waals surface area contributed by atoms with Crippen LogP contribution in [0.25, 0.3) is 0 Å². The Hall–Kier alpha value is -0.710. The van der Waals surface area contributed by atoms with Crippen LogP contribution in [-0.4, -0.2) is 36.0 Å². The Kier molecular flexibility index (Phi) is 4.71. The quantitative estimate of drug-likeness (QED) is 0.730. The molecule has 0 spiro atoms. The lowest BCUT2D eigenvalue weighted by Gasteiger charge is -2.24. The first-order valence-corrected chi connectivity index (χ1v) is 7.49. The van der Waals surface area contributed by atoms with E-state index in [1.165, 1.54) is 6.42 Å². The molecule has 0 radical (unpaired) electrons. The van der Waals surface area contributed by atoms with Crippen molar-refractivity contribution in [1.29, 1.82) is 0 Å². The van der Waals surface area contributed by atoms with Crippen molar-refractivity contribution in [2.75, 3.05) is 18.8 Å². The molecule has 1 unspecified atom stereocenters. The summed E-state index contributed by atoms with van der Waals surface area (Å²) in [5.41, 5.74) is 0. The van der Waals surface area contributed by atoms with Crippen LogP contribution in [0.5, 0.6) is 0 Å². The van der Waals surface area contributed by atoms with Gasteiger partial charge in [-0.1, -0.05) is 18.7 Å². The maximum absolute atomic E-state index is 11.4. The van der Waals surface area contributed by atoms with Crippen LogP contribution in [-0.2, 0) is 4.79 Å². The lowest BCUT2D eigenvalue weighted by Crippen LogP contribution is -2.37. The molecule has 1 saturated heterocycles. The van der Waals surface area contributed by atoms with Crippen molar-refractivity contribution in [2.24, 2.45) is 10.9 Å². The van der Waals surface area contributed by atoms with Gasteiger partial charge in [-0.3, -0.25) is 9.79 Å². The first-order chi connectivity index (χ1) is 8.29. The zero-order chi connectivity index (χ0) is 12.1. The molecule has 0 aromatic carbocycles. The minimum Gasteiger partial charge on any atom is -0.362 e. The molecular weight excluding hydrogens is 234 g/mol. The Bertz CT molecular complexity index is 302. The van der Waals surface area contributed by atoms with Gasteiger partial charge in [0, 0.05) is 24.3 Å². The van der Waals surface area contributed by atoms with E-state index >= 15 is 0 Å². The number of amides is 1. The van der Waals surface area contributed by atoms with Crippen molar-refractivity contribution >= 4 is 22.8 Å². The number of carbonyl (C=O) groups excluding carboxylic acids is 1. The van der Waals surface area contributed by atoms with Crippen molar-refractivity contribution in [1.82, 2.24) is 10.6 Å². The van der Waals surface area contributed by atoms with Crippen LogP contribution >= 0.6 is 11.8 Å². The van der Waals surface area contributed by atoms with Gasteiger partial charge >= 0.3 is 0 Å². The minimum atomic E-state index is 0.209. The number of rotatable bonds is 5. The molecule has 1 aliphatic heterocycles. The second-order valence-corrected chi connectivity index (χ2v) is 5.72. The Morgan fingerprint density at radius 1 is 1.53 bits per heavy atom. The van der Waals surface area contributed by atoms with E-state index in [4.69, 9.17) is 0 Å². The van der Waals surface area contributed by atoms with E-state index in [1.807, 2.05) is 0 Å². The molecule has 5 heteroatoms. The van der Waals surface area contributed by atoms with E-state index in [1.54, 1.807) is 11.8 Å². The number of aliphatic imine (C=N–C) groups is 1. The summed E-state index contributed by atoms with van der Waals surface area (Å²) < 4.78 is 0. The van der Waals surface area contributed by atoms with E-state index < -0.39 is 0 Å². The van der Waals surface area contributed by atoms with Crippen LogP contribution in [0.3, 0.4) is 0 Å². The van der Waals surface area contributed by atoms with Crippen molar-refractivity contribution in [3.05, 3.63) is 0 Å². The summed E-state index contributed by atoms with van der Waals surface area (Å²) in [5, 5.41) is 7.40. The van der Waals surface area contributed by atoms with Crippen LogP contribution in [0.2, 0.25) is 0 Å². The maximum atomic E-state index is 11.4. The number of amidine groups is 1. The zero-order valence-corrected chi connectivity index (χ0v) is 11.2. The SMILES string of the molecule is CCC1CCSC(=NCCNC(=O)C2CC2)N1. The summed E-state index contributed by atoms with van der Waals surface area (Å²) in [5.74, 6) is 1.66. The molecule has 0 aromatic rings. The summed E-state index contributed by atoms with van der Waals surface area (Å²) in [6.45, 7) is 3.54. The topological polar surface area (TPSA) is 53.5 Å². The molecule has 4 nitrogen and oxygen atoms in total. The second kappa shape index (κ2) is 6.28. The number of hydrogen-bond acceptors (Lipinski definition) is 3. The van der Waals surface area contributed by atoms with Crippen molar-refractivity contribution in [2.45, 2.75) is 38.6 Å². The van der Waals surface area contributed by atoms with Gasteiger partial charge in [0.05, 0.1) is 6.54 Å². The summed E-state index contributed by atoms with van der Waals surface area (Å²) in [7, 11) is 0. The monoisotopic (exact) mass is 255 g/mol. The minimum absolute atomic E-state index is 0.209. The van der Waals surface area contributed by atoms with Crippen LogP contribution in [0.4, 0.5) is 0 Å². The third-order valence-corrected chi connectivity index (χ3v) is 4.10. The molecule has 0 aromatic heterocycles. The number of carbonyl (C=O) groups is 1. The molecule has 2 fully saturated rings. The average Bonchev–Trinajstić information content (AvgIpc) is 3.19. The number of nitrogens with one attached hydrogen (secondary N) is 2. The van der Waals surface area contributed by atoms with Gasteiger partial charge < -0.3 is 10.6 Å². The highest BCUT2D eigenvalue weighted by atomic mass is 32.2. The molecule has 2 rings (SSSR count). The fraction of sp³-hybridized carbons (Fsp3) is 0.833. The van der Waals surface area contributed by atoms with Crippen LogP contribution in [0.15, 0.2) is 4.99 Å². The van der Waals surface area contributed by atoms with Gasteiger partial charge in [-0.05, 0) is 25.7 Å². The van der Waals surface area contributed by atoms with Gasteiger partial charge in [0.15, 0.2) is 5.17 Å². The highest BCUT2D eigenvalue weighted by Gasteiger charge is 2.28. The second-order valence-electron chi connectivity index (χ2n) is 4.64. The van der Waals surface area contributed by atoms with Crippen LogP contribution in [0, 0.1) is 5.92 Å². The predicted molar refractivity (Wildman–Crippen MR) is 72.3 cm³/mol. The first kappa shape index (κ1) is 12.7. The maximum Gasteiger partial charge on any atom is 0.223 e. The molecule has 1 amide bonds. The Balaban J connectivity index is 1.63. The van der Waals surface area contributed by atoms with E-state index in [0.717, 1.165) is 30.2 Å². The van der Waals surface area contributed by atoms with Crippen molar-refractivity contribution in [3.8, 4) is 0 Å². The molecule has 1 heterocycles. The highest BCUT2D eigenvalue weighted by molar-refractivity contribution is 8.13. The van der Waals surface area contributed by atoms with Gasteiger partial charge in [-0.15, -0.1) is 0 Å². The fourth-order valence-electron chi connectivity index (χ4n) is 1.81. The van der Waals surface area contributed by atoms with E-state index in [-0.39, 0.29) is 5.91 Å². The summed E-state index contributed by atoms with van der Waals surface area (Å²) in [6.07, 6.45) is 4.50. The Morgan fingerprint density at radius 2 is 2.35 bits per heavy atom. The summed E-state index contributed by atoms with van der Waals surface area (Å²) in [4.78, 5) is 15.9. The number of thioether (sulfide) groups is 1. The molecule has 0 bridgehead atoms. The average molecular weight is 255 g/mol. The Morgan fingerprint density at radius 3 is 3.06 bits per heavy atom. The molecule has 1 atom stereocenters. The smallest absolute Gasteiger partial charge is 0.223 e. The normalized spacial score (nSPS) is 26.6. The van der Waals surface area contributed by atoms with Crippen LogP contribution < -0.4 is 10.6 Å². The largest absolute Gasteiger partial charge is 0.362 e. The summed E-state index contributed by atoms with van der Waals surface area (Å²) >= 11 is 1.79. The molecule has 1 saturated carbocycles. The van der Waals surface area contributed by atoms with Gasteiger partial charge in [-0.2, -0.15) is 0 Å². The van der Waals surface area contributed by atoms with Gasteiger partial charge in [0.25, 0.3) is 0 Å². The molecule has 1 aliphatic carbocycles. The van der Waals surface area contributed by atoms with Gasteiger partial charge in [-0.25, -0.2) is 0 Å². The molecule has 17 heavy (non-hydrogen) atoms. The predicted octanol–water partition coefficient (Wildman–Crippen LogP) is 1.37. The van der Waals surface area contributed by atoms with E-state index in [0.29, 0.717) is 25.0 Å². The third-order valence-electron chi connectivity index (χ3n) is 3.14. The van der Waals surface area contributed by atoms with Crippen LogP contribution in [0.1, 0.15) is 32.6 Å². The zero-order valence-electron chi connectivity index (χ0n) is 10.4. The van der Waals surface area contributed by atoms with Crippen molar-refractivity contribution in [3.63, 3.8) is 0 Å². The number of hydrogen-bond donors (Lipinski definition) is 2. The molecule has 96 valence electrons. The molecule has 2 N–H and O–H groups in total.